The Morgan fingerprint density at radius 1 is 0.731 bits per heavy atom. The van der Waals surface area contributed by atoms with Gasteiger partial charge >= 0.3 is 0 Å². The van der Waals surface area contributed by atoms with E-state index in [1.807, 2.05) is 0 Å². The van der Waals surface area contributed by atoms with Crippen molar-refractivity contribution in [1.29, 1.82) is 0 Å². The minimum atomic E-state index is 0. The number of nitrogens with one attached hydrogen (secondary N) is 1. The van der Waals surface area contributed by atoms with Crippen LogP contribution < -0.4 is 0 Å². The van der Waals surface area contributed by atoms with Gasteiger partial charge < -0.3 is 4.98 Å². The zero-order chi connectivity index (χ0) is 17.6. The average Bonchev–Trinajstić information content (AvgIpc) is 3.02. The van der Waals surface area contributed by atoms with Crippen LogP contribution in [0, 0.1) is 0 Å². The maximum Gasteiger partial charge on any atom is 0.0491 e. The third-order valence-electron chi connectivity index (χ3n) is 5.79. The molecule has 4 aliphatic carbocycles. The van der Waals surface area contributed by atoms with Crippen LogP contribution in [0.2, 0.25) is 0 Å². The highest BCUT2D eigenvalue weighted by molar-refractivity contribution is 5.87. The second kappa shape index (κ2) is 7.31. The number of aromatic amines is 1. The first-order chi connectivity index (χ1) is 12.0. The highest BCUT2D eigenvalue weighted by Crippen LogP contribution is 2.31. The van der Waals surface area contributed by atoms with Gasteiger partial charge in [-0.15, -0.1) is 0 Å². The lowest BCUT2D eigenvalue weighted by Gasteiger charge is -2.17. The minimum Gasteiger partial charge on any atom is -0.358 e. The van der Waals surface area contributed by atoms with E-state index in [2.05, 4.69) is 69.1 Å². The van der Waals surface area contributed by atoms with E-state index in [4.69, 9.17) is 0 Å². The summed E-state index contributed by atoms with van der Waals surface area (Å²) >= 11 is 0. The molecule has 0 saturated carbocycles. The zero-order valence-electron chi connectivity index (χ0n) is 15.9. The fourth-order valence-electron chi connectivity index (χ4n) is 4.21. The molecule has 0 fully saturated rings. The summed E-state index contributed by atoms with van der Waals surface area (Å²) in [5.74, 6) is 1.14. The molecule has 0 amide bonds. The Morgan fingerprint density at radius 3 is 2.12 bits per heavy atom. The quantitative estimate of drug-likeness (QED) is 0.517. The summed E-state index contributed by atoms with van der Waals surface area (Å²) in [6.45, 7) is 9.18. The summed E-state index contributed by atoms with van der Waals surface area (Å²) in [5, 5.41) is 1.45. The third-order valence-corrected chi connectivity index (χ3v) is 5.79. The van der Waals surface area contributed by atoms with Gasteiger partial charge in [0.25, 0.3) is 0 Å². The van der Waals surface area contributed by atoms with Crippen LogP contribution in [0.5, 0.6) is 0 Å². The van der Waals surface area contributed by atoms with E-state index in [0.29, 0.717) is 11.8 Å². The van der Waals surface area contributed by atoms with Crippen LogP contribution in [0.1, 0.15) is 80.5 Å². The molecule has 0 aliphatic heterocycles. The Hall–Kier alpha value is -2.02. The molecule has 0 atom stereocenters. The van der Waals surface area contributed by atoms with Crippen molar-refractivity contribution in [3.8, 4) is 0 Å². The molecule has 1 nitrogen and oxygen atoms in total. The molecule has 0 saturated heterocycles. The molecule has 1 heteroatoms. The van der Waals surface area contributed by atoms with E-state index in [1.165, 1.54) is 38.9 Å². The number of rotatable bonds is 2. The molecule has 4 bridgehead atoms. The predicted octanol–water partition coefficient (Wildman–Crippen LogP) is 6.93. The van der Waals surface area contributed by atoms with Gasteiger partial charge in [0.15, 0.2) is 0 Å². The minimum absolute atomic E-state index is 0. The number of aromatic nitrogens is 1. The Kier molecular flexibility index (Phi) is 5.27. The van der Waals surface area contributed by atoms with Crippen molar-refractivity contribution in [2.45, 2.75) is 72.6 Å². The second-order valence-corrected chi connectivity index (χ2v) is 8.24. The van der Waals surface area contributed by atoms with Gasteiger partial charge in [-0.25, -0.2) is 0 Å². The van der Waals surface area contributed by atoms with Crippen molar-refractivity contribution < 1.29 is 0 Å². The monoisotopic (exact) mass is 347 g/mol. The fourth-order valence-corrected chi connectivity index (χ4v) is 4.21. The molecule has 7 rings (SSSR count). The first-order valence-electron chi connectivity index (χ1n) is 9.78. The molecule has 2 aromatic carbocycles. The number of benzene rings is 2. The normalized spacial score (nSPS) is 13.9. The maximum absolute atomic E-state index is 3.73. The van der Waals surface area contributed by atoms with Crippen molar-refractivity contribution >= 4 is 10.9 Å². The first kappa shape index (κ1) is 18.8. The number of hydrogen-bond acceptors (Lipinski definition) is 0. The van der Waals surface area contributed by atoms with Gasteiger partial charge in [0, 0.05) is 16.6 Å². The van der Waals surface area contributed by atoms with Gasteiger partial charge in [0.1, 0.15) is 0 Å². The highest BCUT2D eigenvalue weighted by atomic mass is 14.7. The Balaban J connectivity index is 0.00000196. The SMILES string of the molecule is C.CC(C)c1cc2c3ccc(c2[nH]1)CCc1ccc(c(C(C)C)c1)CC3. The van der Waals surface area contributed by atoms with Gasteiger partial charge in [-0.3, -0.25) is 0 Å². The molecule has 26 heavy (non-hydrogen) atoms. The molecule has 1 aromatic heterocycles. The Bertz CT molecular complexity index is 911. The van der Waals surface area contributed by atoms with Crippen LogP contribution >= 0.6 is 0 Å². The van der Waals surface area contributed by atoms with Gasteiger partial charge in [-0.1, -0.05) is 65.5 Å². The van der Waals surface area contributed by atoms with Crippen molar-refractivity contribution in [2.24, 2.45) is 0 Å². The number of aryl methyl sites for hydroxylation is 4. The van der Waals surface area contributed by atoms with Gasteiger partial charge in [0.05, 0.1) is 0 Å². The van der Waals surface area contributed by atoms with Crippen LogP contribution in [0.15, 0.2) is 36.4 Å². The largest absolute Gasteiger partial charge is 0.358 e. The topological polar surface area (TPSA) is 15.8 Å². The molecule has 0 radical (unpaired) electrons. The van der Waals surface area contributed by atoms with E-state index in [-0.39, 0.29) is 7.43 Å². The van der Waals surface area contributed by atoms with Crippen molar-refractivity contribution in [1.82, 2.24) is 4.98 Å². The Labute approximate surface area is 158 Å². The standard InChI is InChI=1S/C24H29N.CH4/c1-15(2)21-13-17-5-7-18(21)9-10-19-11-12-20(8-6-17)24-22(19)14-23(25-24)16(3)4;/h5,7,11-16,25H,6,8-10H2,1-4H3;1H4. The van der Waals surface area contributed by atoms with Crippen LogP contribution in [0.25, 0.3) is 10.9 Å². The molecule has 1 heterocycles. The van der Waals surface area contributed by atoms with Gasteiger partial charge in [-0.2, -0.15) is 0 Å². The van der Waals surface area contributed by atoms with E-state index in [0.717, 1.165) is 25.7 Å². The zero-order valence-corrected chi connectivity index (χ0v) is 15.9. The van der Waals surface area contributed by atoms with Crippen LogP contribution in [0.4, 0.5) is 0 Å². The molecule has 1 N–H and O–H groups in total. The first-order valence-corrected chi connectivity index (χ1v) is 9.78. The smallest absolute Gasteiger partial charge is 0.0491 e. The average molecular weight is 348 g/mol. The number of H-pyrrole nitrogens is 1. The fraction of sp³-hybridized carbons (Fsp3) is 0.440. The van der Waals surface area contributed by atoms with Gasteiger partial charge in [0.2, 0.25) is 0 Å². The predicted molar refractivity (Wildman–Crippen MR) is 114 cm³/mol. The van der Waals surface area contributed by atoms with E-state index in [9.17, 15) is 0 Å². The molecular weight excluding hydrogens is 314 g/mol. The van der Waals surface area contributed by atoms with Crippen molar-refractivity contribution in [2.75, 3.05) is 0 Å². The summed E-state index contributed by atoms with van der Waals surface area (Å²) < 4.78 is 0. The van der Waals surface area contributed by atoms with Crippen LogP contribution in [0.3, 0.4) is 0 Å². The second-order valence-electron chi connectivity index (χ2n) is 8.24. The molecular formula is C25H33N. The third kappa shape index (κ3) is 3.32. The number of hydrogen-bond donors (Lipinski definition) is 1. The van der Waals surface area contributed by atoms with Gasteiger partial charge in [-0.05, 0) is 71.4 Å². The Morgan fingerprint density at radius 2 is 1.38 bits per heavy atom. The molecule has 0 unspecified atom stereocenters. The summed E-state index contributed by atoms with van der Waals surface area (Å²) in [4.78, 5) is 3.73. The lowest BCUT2D eigenvalue weighted by atomic mass is 9.88. The summed E-state index contributed by atoms with van der Waals surface area (Å²) in [5.41, 5.74) is 10.2. The van der Waals surface area contributed by atoms with E-state index in [1.54, 1.807) is 5.56 Å². The van der Waals surface area contributed by atoms with Crippen molar-refractivity contribution in [3.05, 3.63) is 69.9 Å². The summed E-state index contributed by atoms with van der Waals surface area (Å²) in [6.07, 6.45) is 4.46. The highest BCUT2D eigenvalue weighted by Gasteiger charge is 2.15. The molecule has 138 valence electrons. The van der Waals surface area contributed by atoms with Crippen LogP contribution in [-0.2, 0) is 25.7 Å². The lowest BCUT2D eigenvalue weighted by Crippen LogP contribution is -2.04. The summed E-state index contributed by atoms with van der Waals surface area (Å²) in [7, 11) is 0. The van der Waals surface area contributed by atoms with Crippen molar-refractivity contribution in [3.63, 3.8) is 0 Å². The molecule has 4 aliphatic rings. The van der Waals surface area contributed by atoms with Crippen LogP contribution in [-0.4, -0.2) is 4.98 Å². The lowest BCUT2D eigenvalue weighted by molar-refractivity contribution is 0.820. The molecule has 0 spiro atoms. The van der Waals surface area contributed by atoms with E-state index >= 15 is 0 Å². The summed E-state index contributed by atoms with van der Waals surface area (Å²) in [6, 6.07) is 14.3. The molecule has 3 aromatic rings. The maximum atomic E-state index is 3.73. The van der Waals surface area contributed by atoms with E-state index < -0.39 is 0 Å².